The molecular formula is C22H28N2O4. The minimum Gasteiger partial charge on any atom is -0.495 e. The van der Waals surface area contributed by atoms with Gasteiger partial charge in [-0.3, -0.25) is 9.59 Å². The van der Waals surface area contributed by atoms with Crippen molar-refractivity contribution in [3.05, 3.63) is 47.5 Å². The van der Waals surface area contributed by atoms with E-state index in [0.29, 0.717) is 28.8 Å². The van der Waals surface area contributed by atoms with E-state index in [0.717, 1.165) is 5.56 Å². The van der Waals surface area contributed by atoms with Crippen LogP contribution in [-0.4, -0.2) is 25.0 Å². The highest BCUT2D eigenvalue weighted by Crippen LogP contribution is 2.28. The predicted octanol–water partition coefficient (Wildman–Crippen LogP) is 4.49. The van der Waals surface area contributed by atoms with Crippen molar-refractivity contribution in [1.29, 1.82) is 0 Å². The van der Waals surface area contributed by atoms with E-state index in [2.05, 4.69) is 24.5 Å². The molecule has 6 nitrogen and oxygen atoms in total. The molecule has 0 aromatic heterocycles. The normalized spacial score (nSPS) is 11.7. The highest BCUT2D eigenvalue weighted by Gasteiger charge is 2.18. The van der Waals surface area contributed by atoms with Gasteiger partial charge in [-0.15, -0.1) is 0 Å². The maximum absolute atomic E-state index is 12.6. The van der Waals surface area contributed by atoms with Gasteiger partial charge in [-0.2, -0.15) is 0 Å². The van der Waals surface area contributed by atoms with Gasteiger partial charge in [0, 0.05) is 12.6 Å². The summed E-state index contributed by atoms with van der Waals surface area (Å²) in [5, 5.41) is 5.48. The summed E-state index contributed by atoms with van der Waals surface area (Å²) < 4.78 is 11.1. The third-order valence-corrected chi connectivity index (χ3v) is 4.32. The molecule has 2 aromatic carbocycles. The van der Waals surface area contributed by atoms with Crippen LogP contribution in [0, 0.1) is 6.92 Å². The zero-order valence-corrected chi connectivity index (χ0v) is 17.3. The average Bonchev–Trinajstić information content (AvgIpc) is 2.61. The van der Waals surface area contributed by atoms with Crippen LogP contribution in [0.25, 0.3) is 0 Å². The molecule has 0 heterocycles. The van der Waals surface area contributed by atoms with Crippen LogP contribution in [0.2, 0.25) is 0 Å². The van der Waals surface area contributed by atoms with Crippen molar-refractivity contribution in [2.24, 2.45) is 0 Å². The van der Waals surface area contributed by atoms with Crippen LogP contribution in [0.1, 0.15) is 44.7 Å². The highest BCUT2D eigenvalue weighted by molar-refractivity contribution is 5.97. The molecule has 2 N–H and O–H groups in total. The fourth-order valence-corrected chi connectivity index (χ4v) is 2.95. The van der Waals surface area contributed by atoms with E-state index in [1.165, 1.54) is 19.6 Å². The molecule has 2 amide bonds. The third-order valence-electron chi connectivity index (χ3n) is 4.32. The quantitative estimate of drug-likeness (QED) is 0.737. The SMILES string of the molecule is COc1ccc(NC(C)=O)cc1NC(=O)C(C)Oc1ccc(C(C)C)c(C)c1. The molecule has 0 fully saturated rings. The Morgan fingerprint density at radius 2 is 1.71 bits per heavy atom. The Labute approximate surface area is 166 Å². The predicted molar refractivity (Wildman–Crippen MR) is 111 cm³/mol. The van der Waals surface area contributed by atoms with Crippen molar-refractivity contribution >= 4 is 23.2 Å². The Morgan fingerprint density at radius 3 is 2.29 bits per heavy atom. The average molecular weight is 384 g/mol. The lowest BCUT2D eigenvalue weighted by molar-refractivity contribution is -0.122. The Balaban J connectivity index is 2.11. The number of hydrogen-bond donors (Lipinski definition) is 2. The first-order chi connectivity index (χ1) is 13.2. The lowest BCUT2D eigenvalue weighted by Crippen LogP contribution is -2.30. The monoisotopic (exact) mass is 384 g/mol. The summed E-state index contributed by atoms with van der Waals surface area (Å²) in [7, 11) is 1.52. The molecule has 0 aliphatic rings. The largest absolute Gasteiger partial charge is 0.495 e. The van der Waals surface area contributed by atoms with Gasteiger partial charge in [0.25, 0.3) is 5.91 Å². The molecule has 0 radical (unpaired) electrons. The molecule has 1 atom stereocenters. The van der Waals surface area contributed by atoms with Gasteiger partial charge in [-0.05, 0) is 61.2 Å². The van der Waals surface area contributed by atoms with E-state index in [9.17, 15) is 9.59 Å². The Hall–Kier alpha value is -3.02. The first-order valence-electron chi connectivity index (χ1n) is 9.25. The lowest BCUT2D eigenvalue weighted by Gasteiger charge is -2.18. The second kappa shape index (κ2) is 9.26. The van der Waals surface area contributed by atoms with Crippen molar-refractivity contribution in [2.45, 2.75) is 46.6 Å². The number of carbonyl (C=O) groups excluding carboxylic acids is 2. The lowest BCUT2D eigenvalue weighted by atomic mass is 9.98. The van der Waals surface area contributed by atoms with Crippen molar-refractivity contribution in [1.82, 2.24) is 0 Å². The van der Waals surface area contributed by atoms with E-state index in [1.54, 1.807) is 25.1 Å². The summed E-state index contributed by atoms with van der Waals surface area (Å²) in [5.41, 5.74) is 3.41. The second-order valence-corrected chi connectivity index (χ2v) is 7.02. The molecule has 0 saturated heterocycles. The highest BCUT2D eigenvalue weighted by atomic mass is 16.5. The molecule has 0 spiro atoms. The van der Waals surface area contributed by atoms with Crippen LogP contribution in [0.15, 0.2) is 36.4 Å². The van der Waals surface area contributed by atoms with Gasteiger partial charge in [-0.25, -0.2) is 0 Å². The van der Waals surface area contributed by atoms with E-state index >= 15 is 0 Å². The standard InChI is InChI=1S/C22H28N2O4/c1-13(2)19-9-8-18(11-14(19)3)28-15(4)22(26)24-20-12-17(23-16(5)25)7-10-21(20)27-6/h7-13,15H,1-6H3,(H,23,25)(H,24,26). The summed E-state index contributed by atoms with van der Waals surface area (Å²) in [6, 6.07) is 10.9. The van der Waals surface area contributed by atoms with Crippen LogP contribution in [0.5, 0.6) is 11.5 Å². The van der Waals surface area contributed by atoms with Crippen LogP contribution in [0.4, 0.5) is 11.4 Å². The first kappa shape index (κ1) is 21.3. The number of carbonyl (C=O) groups is 2. The molecule has 0 aliphatic carbocycles. The van der Waals surface area contributed by atoms with E-state index in [-0.39, 0.29) is 11.8 Å². The fourth-order valence-electron chi connectivity index (χ4n) is 2.95. The first-order valence-corrected chi connectivity index (χ1v) is 9.25. The fraction of sp³-hybridized carbons (Fsp3) is 0.364. The smallest absolute Gasteiger partial charge is 0.265 e. The number of methoxy groups -OCH3 is 1. The van der Waals surface area contributed by atoms with E-state index in [4.69, 9.17) is 9.47 Å². The summed E-state index contributed by atoms with van der Waals surface area (Å²) in [6.07, 6.45) is -0.710. The van der Waals surface area contributed by atoms with Crippen molar-refractivity contribution in [3.63, 3.8) is 0 Å². The summed E-state index contributed by atoms with van der Waals surface area (Å²) in [4.78, 5) is 23.9. The summed E-state index contributed by atoms with van der Waals surface area (Å²) in [6.45, 7) is 9.42. The number of anilines is 2. The molecule has 1 unspecified atom stereocenters. The number of hydrogen-bond acceptors (Lipinski definition) is 4. The minimum atomic E-state index is -0.710. The third kappa shape index (κ3) is 5.49. The number of aryl methyl sites for hydroxylation is 1. The molecule has 150 valence electrons. The zero-order chi connectivity index (χ0) is 20.8. The van der Waals surface area contributed by atoms with Crippen LogP contribution in [-0.2, 0) is 9.59 Å². The molecule has 0 saturated carbocycles. The van der Waals surface area contributed by atoms with Gasteiger partial charge < -0.3 is 20.1 Å². The molecule has 2 aromatic rings. The number of amides is 2. The van der Waals surface area contributed by atoms with E-state index in [1.807, 2.05) is 25.1 Å². The molecule has 6 heteroatoms. The Morgan fingerprint density at radius 1 is 1.00 bits per heavy atom. The molecule has 0 bridgehead atoms. The zero-order valence-electron chi connectivity index (χ0n) is 17.3. The maximum Gasteiger partial charge on any atom is 0.265 e. The topological polar surface area (TPSA) is 76.7 Å². The Bertz CT molecular complexity index is 862. The van der Waals surface area contributed by atoms with Crippen molar-refractivity contribution in [2.75, 3.05) is 17.7 Å². The van der Waals surface area contributed by atoms with Gasteiger partial charge in [0.2, 0.25) is 5.91 Å². The van der Waals surface area contributed by atoms with Crippen LogP contribution < -0.4 is 20.1 Å². The second-order valence-electron chi connectivity index (χ2n) is 7.02. The maximum atomic E-state index is 12.6. The van der Waals surface area contributed by atoms with E-state index < -0.39 is 6.10 Å². The van der Waals surface area contributed by atoms with Crippen LogP contribution in [0.3, 0.4) is 0 Å². The number of rotatable bonds is 7. The van der Waals surface area contributed by atoms with Gasteiger partial charge in [0.1, 0.15) is 11.5 Å². The summed E-state index contributed by atoms with van der Waals surface area (Å²) in [5.74, 6) is 1.05. The number of ether oxygens (including phenoxy) is 2. The molecule has 0 aliphatic heterocycles. The molecule has 2 rings (SSSR count). The molecular weight excluding hydrogens is 356 g/mol. The van der Waals surface area contributed by atoms with Gasteiger partial charge >= 0.3 is 0 Å². The van der Waals surface area contributed by atoms with Crippen molar-refractivity contribution in [3.8, 4) is 11.5 Å². The van der Waals surface area contributed by atoms with Gasteiger partial charge in [-0.1, -0.05) is 19.9 Å². The molecule has 28 heavy (non-hydrogen) atoms. The summed E-state index contributed by atoms with van der Waals surface area (Å²) >= 11 is 0. The van der Waals surface area contributed by atoms with Crippen LogP contribution >= 0.6 is 0 Å². The van der Waals surface area contributed by atoms with Crippen molar-refractivity contribution < 1.29 is 19.1 Å². The van der Waals surface area contributed by atoms with Gasteiger partial charge in [0.05, 0.1) is 12.8 Å². The van der Waals surface area contributed by atoms with Gasteiger partial charge in [0.15, 0.2) is 6.10 Å². The number of benzene rings is 2. The number of nitrogens with one attached hydrogen (secondary N) is 2. The Kier molecular flexibility index (Phi) is 7.04. The minimum absolute atomic E-state index is 0.195.